The van der Waals surface area contributed by atoms with Gasteiger partial charge in [-0.25, -0.2) is 0 Å². The minimum atomic E-state index is -3.43. The van der Waals surface area contributed by atoms with Crippen LogP contribution in [-0.2, 0) is 28.5 Å². The molecule has 2 atom stereocenters. The standard InChI is InChI=1S/C22H23F2NO4S/c23-22(24,15-4-2-1-3-5-15)19(26)11-6-16-7-12-20(27)25(16)14-18-9-8-17(30-18)10-13-21(28)29/h1-6,8-9,11,16,19,26H,7,10,12-14H2,(H,28,29)/t16-,19?/m0/s1. The van der Waals surface area contributed by atoms with Crippen LogP contribution in [0, 0.1) is 0 Å². The fourth-order valence-corrected chi connectivity index (χ4v) is 4.40. The topological polar surface area (TPSA) is 77.8 Å². The number of hydrogen-bond donors (Lipinski definition) is 2. The smallest absolute Gasteiger partial charge is 0.303 e. The monoisotopic (exact) mass is 435 g/mol. The molecular weight excluding hydrogens is 412 g/mol. The SMILES string of the molecule is O=C(O)CCc1ccc(CN2C(=O)CC[C@@H]2C=CC(O)C(F)(F)c2ccccc2)s1. The van der Waals surface area contributed by atoms with E-state index >= 15 is 0 Å². The molecule has 0 radical (unpaired) electrons. The highest BCUT2D eigenvalue weighted by Gasteiger charge is 2.39. The number of hydrogen-bond acceptors (Lipinski definition) is 4. The lowest BCUT2D eigenvalue weighted by Crippen LogP contribution is -2.32. The quantitative estimate of drug-likeness (QED) is 0.585. The lowest BCUT2D eigenvalue weighted by molar-refractivity contribution is -0.137. The number of aryl methyl sites for hydroxylation is 1. The zero-order valence-corrected chi connectivity index (χ0v) is 17.0. The summed E-state index contributed by atoms with van der Waals surface area (Å²) >= 11 is 1.44. The molecule has 2 N–H and O–H groups in total. The van der Waals surface area contributed by atoms with Crippen LogP contribution in [0.25, 0.3) is 0 Å². The lowest BCUT2D eigenvalue weighted by atomic mass is 10.0. The van der Waals surface area contributed by atoms with E-state index in [1.54, 1.807) is 11.0 Å². The van der Waals surface area contributed by atoms with Crippen LogP contribution in [0.5, 0.6) is 0 Å². The number of aliphatic hydroxyl groups excluding tert-OH is 1. The van der Waals surface area contributed by atoms with Gasteiger partial charge in [0.15, 0.2) is 0 Å². The fourth-order valence-electron chi connectivity index (χ4n) is 3.39. The molecule has 1 amide bonds. The van der Waals surface area contributed by atoms with Crippen LogP contribution in [0.15, 0.2) is 54.6 Å². The van der Waals surface area contributed by atoms with Gasteiger partial charge < -0.3 is 15.1 Å². The Morgan fingerprint density at radius 1 is 1.23 bits per heavy atom. The summed E-state index contributed by atoms with van der Waals surface area (Å²) in [6.45, 7) is 0.330. The Bertz CT molecular complexity index is 913. The zero-order valence-electron chi connectivity index (χ0n) is 16.2. The number of carboxylic acids is 1. The summed E-state index contributed by atoms with van der Waals surface area (Å²) < 4.78 is 28.9. The largest absolute Gasteiger partial charge is 0.481 e. The molecule has 5 nitrogen and oxygen atoms in total. The van der Waals surface area contributed by atoms with Gasteiger partial charge in [0.1, 0.15) is 6.10 Å². The number of aliphatic hydroxyl groups is 1. The molecule has 2 aromatic rings. The van der Waals surface area contributed by atoms with Crippen LogP contribution in [-0.4, -0.2) is 39.1 Å². The van der Waals surface area contributed by atoms with Crippen molar-refractivity contribution >= 4 is 23.2 Å². The average molecular weight is 435 g/mol. The number of aliphatic carboxylic acids is 1. The Hall–Kier alpha value is -2.58. The van der Waals surface area contributed by atoms with Gasteiger partial charge in [0.2, 0.25) is 5.91 Å². The van der Waals surface area contributed by atoms with E-state index in [0.717, 1.165) is 15.8 Å². The Kier molecular flexibility index (Phi) is 6.99. The van der Waals surface area contributed by atoms with Crippen LogP contribution < -0.4 is 0 Å². The van der Waals surface area contributed by atoms with Crippen molar-refractivity contribution in [3.63, 3.8) is 0 Å². The van der Waals surface area contributed by atoms with E-state index in [9.17, 15) is 23.5 Å². The molecule has 1 fully saturated rings. The first-order chi connectivity index (χ1) is 14.3. The summed E-state index contributed by atoms with van der Waals surface area (Å²) in [6.07, 6.45) is 1.83. The summed E-state index contributed by atoms with van der Waals surface area (Å²) in [5, 5.41) is 18.8. The van der Waals surface area contributed by atoms with Crippen LogP contribution in [0.4, 0.5) is 8.78 Å². The molecule has 1 aromatic carbocycles. The molecule has 160 valence electrons. The molecule has 0 aliphatic carbocycles. The molecule has 0 bridgehead atoms. The van der Waals surface area contributed by atoms with Gasteiger partial charge in [-0.15, -0.1) is 11.3 Å². The highest BCUT2D eigenvalue weighted by atomic mass is 32.1. The normalized spacial score (nSPS) is 18.3. The number of thiophene rings is 1. The maximum Gasteiger partial charge on any atom is 0.303 e. The molecule has 30 heavy (non-hydrogen) atoms. The van der Waals surface area contributed by atoms with Gasteiger partial charge in [-0.05, 0) is 25.0 Å². The van der Waals surface area contributed by atoms with E-state index in [2.05, 4.69) is 0 Å². The van der Waals surface area contributed by atoms with Crippen molar-refractivity contribution in [2.45, 2.75) is 50.3 Å². The van der Waals surface area contributed by atoms with Crippen molar-refractivity contribution in [1.29, 1.82) is 0 Å². The predicted octanol–water partition coefficient (Wildman–Crippen LogP) is 3.97. The summed E-state index contributed by atoms with van der Waals surface area (Å²) in [4.78, 5) is 26.4. The number of alkyl halides is 2. The molecule has 0 saturated carbocycles. The van der Waals surface area contributed by atoms with Crippen molar-refractivity contribution in [2.24, 2.45) is 0 Å². The Morgan fingerprint density at radius 3 is 2.63 bits per heavy atom. The van der Waals surface area contributed by atoms with Crippen LogP contribution in [0.3, 0.4) is 0 Å². The maximum absolute atomic E-state index is 14.5. The van der Waals surface area contributed by atoms with Crippen molar-refractivity contribution in [3.8, 4) is 0 Å². The van der Waals surface area contributed by atoms with Crippen LogP contribution >= 0.6 is 11.3 Å². The summed E-state index contributed by atoms with van der Waals surface area (Å²) in [6, 6.07) is 10.5. The van der Waals surface area contributed by atoms with E-state index in [0.29, 0.717) is 25.8 Å². The minimum Gasteiger partial charge on any atom is -0.481 e. The van der Waals surface area contributed by atoms with E-state index in [1.807, 2.05) is 12.1 Å². The Labute approximate surface area is 177 Å². The first-order valence-corrected chi connectivity index (χ1v) is 10.5. The van der Waals surface area contributed by atoms with Gasteiger partial charge in [-0.2, -0.15) is 8.78 Å². The number of carbonyl (C=O) groups is 2. The molecule has 0 spiro atoms. The third-order valence-electron chi connectivity index (χ3n) is 5.05. The van der Waals surface area contributed by atoms with Crippen molar-refractivity contribution in [2.75, 3.05) is 0 Å². The number of nitrogens with zero attached hydrogens (tertiary/aromatic N) is 1. The molecule has 1 unspecified atom stereocenters. The predicted molar refractivity (Wildman–Crippen MR) is 109 cm³/mol. The minimum absolute atomic E-state index is 0.0431. The third-order valence-corrected chi connectivity index (χ3v) is 6.18. The summed E-state index contributed by atoms with van der Waals surface area (Å²) in [5.41, 5.74) is -0.269. The number of amides is 1. The van der Waals surface area contributed by atoms with Crippen molar-refractivity contribution in [3.05, 3.63) is 69.9 Å². The van der Waals surface area contributed by atoms with E-state index in [1.165, 1.54) is 41.7 Å². The van der Waals surface area contributed by atoms with E-state index in [4.69, 9.17) is 5.11 Å². The van der Waals surface area contributed by atoms with Crippen molar-refractivity contribution < 1.29 is 28.6 Å². The van der Waals surface area contributed by atoms with Crippen LogP contribution in [0.2, 0.25) is 0 Å². The molecule has 8 heteroatoms. The van der Waals surface area contributed by atoms with E-state index in [-0.39, 0.29) is 23.9 Å². The van der Waals surface area contributed by atoms with E-state index < -0.39 is 18.0 Å². The molecular formula is C22H23F2NO4S. The molecule has 1 aliphatic rings. The van der Waals surface area contributed by atoms with Gasteiger partial charge in [0, 0.05) is 21.7 Å². The zero-order chi connectivity index (χ0) is 21.7. The maximum atomic E-state index is 14.5. The van der Waals surface area contributed by atoms with Gasteiger partial charge >= 0.3 is 11.9 Å². The second-order valence-corrected chi connectivity index (χ2v) is 8.46. The molecule has 1 aromatic heterocycles. The second-order valence-electron chi connectivity index (χ2n) is 7.21. The first-order valence-electron chi connectivity index (χ1n) is 9.66. The van der Waals surface area contributed by atoms with Crippen LogP contribution in [0.1, 0.15) is 34.6 Å². The second kappa shape index (κ2) is 9.49. The number of carboxylic acid groups (broad SMARTS) is 1. The Morgan fingerprint density at radius 2 is 1.93 bits per heavy atom. The molecule has 2 heterocycles. The average Bonchev–Trinajstić information content (AvgIpc) is 3.32. The van der Waals surface area contributed by atoms with Gasteiger partial charge in [-0.3, -0.25) is 9.59 Å². The van der Waals surface area contributed by atoms with Crippen molar-refractivity contribution in [1.82, 2.24) is 4.90 Å². The molecule has 1 aliphatic heterocycles. The number of rotatable bonds is 9. The molecule has 1 saturated heterocycles. The molecule has 3 rings (SSSR count). The van der Waals surface area contributed by atoms with Gasteiger partial charge in [0.25, 0.3) is 0 Å². The summed E-state index contributed by atoms with van der Waals surface area (Å²) in [7, 11) is 0. The lowest BCUT2D eigenvalue weighted by Gasteiger charge is -2.24. The Balaban J connectivity index is 1.65. The number of carbonyl (C=O) groups excluding carboxylic acids is 1. The fraction of sp³-hybridized carbons (Fsp3) is 0.364. The number of likely N-dealkylation sites (tertiary alicyclic amines) is 1. The summed E-state index contributed by atoms with van der Waals surface area (Å²) in [5.74, 6) is -4.37. The third kappa shape index (κ3) is 5.31. The van der Waals surface area contributed by atoms with Gasteiger partial charge in [-0.1, -0.05) is 42.5 Å². The number of halogens is 2. The van der Waals surface area contributed by atoms with Gasteiger partial charge in [0.05, 0.1) is 19.0 Å². The first kappa shape index (κ1) is 22.1. The highest BCUT2D eigenvalue weighted by molar-refractivity contribution is 7.12. The highest BCUT2D eigenvalue weighted by Crippen LogP contribution is 2.33. The number of benzene rings is 1.